The molecule has 7 nitrogen and oxygen atoms in total. The predicted octanol–water partition coefficient (Wildman–Crippen LogP) is 3.32. The van der Waals surface area contributed by atoms with E-state index in [0.717, 1.165) is 33.0 Å². The lowest BCUT2D eigenvalue weighted by Gasteiger charge is -2.33. The summed E-state index contributed by atoms with van der Waals surface area (Å²) in [6, 6.07) is 7.14. The molecule has 1 spiro atoms. The minimum atomic E-state index is -0.818. The van der Waals surface area contributed by atoms with Crippen LogP contribution < -0.4 is 5.32 Å². The van der Waals surface area contributed by atoms with Crippen molar-refractivity contribution in [2.75, 3.05) is 13.6 Å². The number of imide groups is 1. The van der Waals surface area contributed by atoms with Crippen LogP contribution in [0.4, 0.5) is 4.79 Å². The fourth-order valence-electron chi connectivity index (χ4n) is 4.11. The first-order chi connectivity index (χ1) is 13.8. The molecule has 1 aromatic carbocycles. The number of carbonyl (C=O) groups is 3. The minimum Gasteiger partial charge on any atom is -0.335 e. The maximum Gasteiger partial charge on any atom is 0.325 e. The Balaban J connectivity index is 1.45. The molecule has 1 saturated carbocycles. The van der Waals surface area contributed by atoms with Gasteiger partial charge in [0.15, 0.2) is 0 Å². The molecule has 2 heterocycles. The molecule has 4 amide bonds. The van der Waals surface area contributed by atoms with E-state index < -0.39 is 11.6 Å². The summed E-state index contributed by atoms with van der Waals surface area (Å²) in [5, 5.41) is 3.70. The van der Waals surface area contributed by atoms with Gasteiger partial charge >= 0.3 is 6.03 Å². The third-order valence-electron chi connectivity index (χ3n) is 6.31. The van der Waals surface area contributed by atoms with Crippen molar-refractivity contribution < 1.29 is 14.4 Å². The minimum absolute atomic E-state index is 0.242. The number of nitrogens with one attached hydrogen (secondary N) is 1. The van der Waals surface area contributed by atoms with Gasteiger partial charge in [-0.1, -0.05) is 19.1 Å². The van der Waals surface area contributed by atoms with Gasteiger partial charge in [0.05, 0.1) is 16.3 Å². The molecule has 0 radical (unpaired) electrons. The second-order valence-electron chi connectivity index (χ2n) is 8.29. The first-order valence-electron chi connectivity index (χ1n) is 10.1. The summed E-state index contributed by atoms with van der Waals surface area (Å²) in [7, 11) is 1.69. The lowest BCUT2D eigenvalue weighted by atomic mass is 9.77. The number of para-hydroxylation sites is 1. The highest BCUT2D eigenvalue weighted by Gasteiger charge is 2.52. The lowest BCUT2D eigenvalue weighted by molar-refractivity contribution is -0.140. The molecule has 0 bridgehead atoms. The Morgan fingerprint density at radius 3 is 2.72 bits per heavy atom. The van der Waals surface area contributed by atoms with E-state index in [1.54, 1.807) is 23.3 Å². The Kier molecular flexibility index (Phi) is 5.06. The lowest BCUT2D eigenvalue weighted by Crippen LogP contribution is -2.50. The summed E-state index contributed by atoms with van der Waals surface area (Å²) < 4.78 is 1.07. The van der Waals surface area contributed by atoms with Crippen molar-refractivity contribution in [2.45, 2.75) is 51.1 Å². The van der Waals surface area contributed by atoms with Crippen LogP contribution in [0.3, 0.4) is 0 Å². The standard InChI is InChI=1S/C21H26N4O3S/c1-13-8-10-21(11-9-13)19(27)25(20(28)23-21)12-17(26)24(3)14(2)18-22-15-6-4-5-7-16(15)29-18/h4-7,13-14H,8-12H2,1-3H3,(H,23,28)/t13?,14-,21?/m1/s1. The van der Waals surface area contributed by atoms with Crippen LogP contribution in [-0.4, -0.2) is 51.8 Å². The summed E-state index contributed by atoms with van der Waals surface area (Å²) in [6.45, 7) is 3.83. The van der Waals surface area contributed by atoms with E-state index in [1.165, 1.54) is 0 Å². The van der Waals surface area contributed by atoms with Crippen LogP contribution in [0.5, 0.6) is 0 Å². The monoisotopic (exact) mass is 414 g/mol. The number of aromatic nitrogens is 1. The first-order valence-corrected chi connectivity index (χ1v) is 10.9. The number of hydrogen-bond acceptors (Lipinski definition) is 5. The smallest absolute Gasteiger partial charge is 0.325 e. The second kappa shape index (κ2) is 7.40. The van der Waals surface area contributed by atoms with Gasteiger partial charge in [0, 0.05) is 7.05 Å². The molecule has 2 aliphatic rings. The topological polar surface area (TPSA) is 82.6 Å². The predicted molar refractivity (Wildman–Crippen MR) is 111 cm³/mol. The van der Waals surface area contributed by atoms with Crippen molar-refractivity contribution in [3.8, 4) is 0 Å². The summed E-state index contributed by atoms with van der Waals surface area (Å²) >= 11 is 1.55. The number of fused-ring (bicyclic) bond motifs is 1. The van der Waals surface area contributed by atoms with Crippen molar-refractivity contribution in [1.82, 2.24) is 20.1 Å². The molecule has 1 aliphatic heterocycles. The average molecular weight is 415 g/mol. The number of benzene rings is 1. The molecular weight excluding hydrogens is 388 g/mol. The van der Waals surface area contributed by atoms with Crippen LogP contribution in [0.2, 0.25) is 0 Å². The van der Waals surface area contributed by atoms with Crippen LogP contribution in [0.15, 0.2) is 24.3 Å². The van der Waals surface area contributed by atoms with E-state index in [1.807, 2.05) is 31.2 Å². The molecule has 1 saturated heterocycles. The van der Waals surface area contributed by atoms with Crippen LogP contribution in [0.1, 0.15) is 50.6 Å². The molecule has 1 aliphatic carbocycles. The van der Waals surface area contributed by atoms with Gasteiger partial charge in [-0.15, -0.1) is 11.3 Å². The molecule has 0 unspecified atom stereocenters. The molecule has 29 heavy (non-hydrogen) atoms. The summed E-state index contributed by atoms with van der Waals surface area (Å²) in [6.07, 6.45) is 3.09. The fraction of sp³-hybridized carbons (Fsp3) is 0.524. The van der Waals surface area contributed by atoms with E-state index >= 15 is 0 Å². The third-order valence-corrected chi connectivity index (χ3v) is 7.52. The first kappa shape index (κ1) is 19.8. The van der Waals surface area contributed by atoms with E-state index in [4.69, 9.17) is 0 Å². The number of rotatable bonds is 4. The average Bonchev–Trinajstić information content (AvgIpc) is 3.24. The van der Waals surface area contributed by atoms with Gasteiger partial charge in [-0.2, -0.15) is 0 Å². The van der Waals surface area contributed by atoms with E-state index in [0.29, 0.717) is 18.8 Å². The number of urea groups is 1. The van der Waals surface area contributed by atoms with Crippen molar-refractivity contribution in [3.05, 3.63) is 29.3 Å². The van der Waals surface area contributed by atoms with Gasteiger partial charge in [0.25, 0.3) is 5.91 Å². The van der Waals surface area contributed by atoms with E-state index in [-0.39, 0.29) is 24.4 Å². The molecule has 1 aromatic heterocycles. The Morgan fingerprint density at radius 1 is 1.34 bits per heavy atom. The van der Waals surface area contributed by atoms with Gasteiger partial charge < -0.3 is 10.2 Å². The number of nitrogens with zero attached hydrogens (tertiary/aromatic N) is 3. The normalized spacial score (nSPS) is 25.5. The molecule has 2 aromatic rings. The molecule has 1 N–H and O–H groups in total. The van der Waals surface area contributed by atoms with Crippen molar-refractivity contribution >= 4 is 39.4 Å². The van der Waals surface area contributed by atoms with Crippen molar-refractivity contribution in [2.24, 2.45) is 5.92 Å². The Bertz CT molecular complexity index is 931. The highest BCUT2D eigenvalue weighted by atomic mass is 32.1. The summed E-state index contributed by atoms with van der Waals surface area (Å²) in [4.78, 5) is 45.6. The largest absolute Gasteiger partial charge is 0.335 e. The Labute approximate surface area is 174 Å². The Morgan fingerprint density at radius 2 is 2.03 bits per heavy atom. The SMILES string of the molecule is CC1CCC2(CC1)NC(=O)N(CC(=O)N(C)[C@H](C)c1nc3ccccc3s1)C2=O. The van der Waals surface area contributed by atoms with Crippen molar-refractivity contribution in [1.29, 1.82) is 0 Å². The van der Waals surface area contributed by atoms with Gasteiger partial charge in [0.2, 0.25) is 5.91 Å². The molecular formula is C21H26N4O3S. The van der Waals surface area contributed by atoms with Crippen LogP contribution in [0, 0.1) is 5.92 Å². The fourth-order valence-corrected chi connectivity index (χ4v) is 5.17. The number of likely N-dealkylation sites (N-methyl/N-ethyl adjacent to an activating group) is 1. The number of hydrogen-bond donors (Lipinski definition) is 1. The van der Waals surface area contributed by atoms with Gasteiger partial charge in [-0.05, 0) is 50.7 Å². The molecule has 4 rings (SSSR count). The Hall–Kier alpha value is -2.48. The molecule has 8 heteroatoms. The van der Waals surface area contributed by atoms with E-state index in [9.17, 15) is 14.4 Å². The summed E-state index contributed by atoms with van der Waals surface area (Å²) in [5.74, 6) is 0.0204. The third kappa shape index (κ3) is 3.50. The molecule has 154 valence electrons. The zero-order valence-electron chi connectivity index (χ0n) is 17.0. The zero-order chi connectivity index (χ0) is 20.8. The quantitative estimate of drug-likeness (QED) is 0.778. The highest BCUT2D eigenvalue weighted by molar-refractivity contribution is 7.18. The zero-order valence-corrected chi connectivity index (χ0v) is 17.8. The molecule has 1 atom stereocenters. The number of carbonyl (C=O) groups excluding carboxylic acids is 3. The highest BCUT2D eigenvalue weighted by Crippen LogP contribution is 2.36. The van der Waals surface area contributed by atoms with Gasteiger partial charge in [-0.3, -0.25) is 14.5 Å². The van der Waals surface area contributed by atoms with Crippen LogP contribution in [-0.2, 0) is 9.59 Å². The maximum absolute atomic E-state index is 13.0. The second-order valence-corrected chi connectivity index (χ2v) is 9.35. The maximum atomic E-state index is 13.0. The van der Waals surface area contributed by atoms with E-state index in [2.05, 4.69) is 17.2 Å². The van der Waals surface area contributed by atoms with Crippen molar-refractivity contribution in [3.63, 3.8) is 0 Å². The van der Waals surface area contributed by atoms with Crippen LogP contribution in [0.25, 0.3) is 10.2 Å². The van der Waals surface area contributed by atoms with Gasteiger partial charge in [-0.25, -0.2) is 9.78 Å². The number of thiazole rings is 1. The van der Waals surface area contributed by atoms with Gasteiger partial charge in [0.1, 0.15) is 17.1 Å². The summed E-state index contributed by atoms with van der Waals surface area (Å²) in [5.41, 5.74) is 0.0870. The molecule has 2 fully saturated rings. The number of amides is 4. The van der Waals surface area contributed by atoms with Crippen LogP contribution >= 0.6 is 11.3 Å².